The number of anilines is 2. The minimum Gasteiger partial charge on any atom is -0.480 e. The number of carboxylic acid groups (broad SMARTS) is 1. The van der Waals surface area contributed by atoms with Gasteiger partial charge in [-0.2, -0.15) is 4.98 Å². The third-order valence-electron chi connectivity index (χ3n) is 10.5. The van der Waals surface area contributed by atoms with Crippen molar-refractivity contribution >= 4 is 111 Å². The number of piperidine rings is 1. The van der Waals surface area contributed by atoms with Gasteiger partial charge in [0.05, 0.1) is 38.5 Å². The molecule has 0 bridgehead atoms. The molecule has 0 saturated carbocycles. The first-order chi connectivity index (χ1) is 32.1. The summed E-state index contributed by atoms with van der Waals surface area (Å²) in [6.07, 6.45) is 4.06. The van der Waals surface area contributed by atoms with Crippen LogP contribution in [0.15, 0.2) is 113 Å². The molecule has 1 aliphatic heterocycles. The lowest BCUT2D eigenvalue weighted by atomic mass is 9.93. The number of halogens is 4. The number of ketones is 1. The molecule has 20 heteroatoms. The van der Waals surface area contributed by atoms with Gasteiger partial charge in [0, 0.05) is 48.3 Å². The molecule has 16 nitrogen and oxygen atoms in total. The number of rotatable bonds is 15. The van der Waals surface area contributed by atoms with Gasteiger partial charge in [0.1, 0.15) is 12.1 Å². The van der Waals surface area contributed by atoms with Gasteiger partial charge in [0.15, 0.2) is 16.9 Å². The minimum atomic E-state index is -1.46. The number of aromatic amines is 1. The van der Waals surface area contributed by atoms with Crippen molar-refractivity contribution in [3.63, 3.8) is 0 Å². The summed E-state index contributed by atoms with van der Waals surface area (Å²) in [6, 6.07) is 22.3. The predicted molar refractivity (Wildman–Crippen MR) is 257 cm³/mol. The van der Waals surface area contributed by atoms with Crippen molar-refractivity contribution in [1.82, 2.24) is 35.5 Å². The average Bonchev–Trinajstić information content (AvgIpc) is 3.30. The molecule has 7 N–H and O–H groups in total. The normalized spacial score (nSPS) is 14.7. The largest absolute Gasteiger partial charge is 0.480 e. The molecule has 6 aromatic rings. The maximum atomic E-state index is 14.6. The molecule has 1 aliphatic rings. The number of carbonyl (C=O) groups excluding carboxylic acids is 4. The van der Waals surface area contributed by atoms with Crippen molar-refractivity contribution < 1.29 is 29.1 Å². The highest BCUT2D eigenvalue weighted by Crippen LogP contribution is 2.29. The van der Waals surface area contributed by atoms with Gasteiger partial charge in [-0.25, -0.2) is 14.8 Å². The van der Waals surface area contributed by atoms with E-state index in [1.165, 1.54) is 23.2 Å². The summed E-state index contributed by atoms with van der Waals surface area (Å²) in [5.74, 6) is -3.62. The van der Waals surface area contributed by atoms with Crippen LogP contribution in [0.4, 0.5) is 11.6 Å². The fraction of sp³-hybridized carbons (Fsp3) is 0.170. The monoisotopic (exact) mass is 981 g/mol. The number of nitrogens with two attached hydrogens (primary N) is 1. The van der Waals surface area contributed by atoms with Gasteiger partial charge in [-0.1, -0.05) is 88.9 Å². The van der Waals surface area contributed by atoms with E-state index in [0.29, 0.717) is 32.6 Å². The SMILES string of the molecule is Nc1nc2nc(CNc3ccc(C(=O)N[C@H](CCC(=O)N[C@H](Cc4ccccc4)C(=O)N4C/C(=C\c5ccc(Cl)c(Cl)c5)C(=O)/C(=C/c5ccc(Cl)c(Cl)c5)C4)C(=O)O)cc3)cnc2c(=O)[nH]1. The number of aliphatic carboxylic acids is 1. The number of amides is 3. The Balaban J connectivity index is 1.03. The van der Waals surface area contributed by atoms with E-state index in [1.54, 1.807) is 84.9 Å². The highest BCUT2D eigenvalue weighted by molar-refractivity contribution is 6.42. The molecule has 342 valence electrons. The summed E-state index contributed by atoms with van der Waals surface area (Å²) in [6.45, 7) is -0.0340. The number of carboxylic acids is 1. The van der Waals surface area contributed by atoms with Crippen LogP contribution in [-0.2, 0) is 32.1 Å². The number of nitrogens with zero attached hydrogens (tertiary/aromatic N) is 4. The Morgan fingerprint density at radius 1 is 0.791 bits per heavy atom. The van der Waals surface area contributed by atoms with Crippen molar-refractivity contribution in [2.45, 2.75) is 37.9 Å². The molecular formula is C47H39Cl4N9O7. The average molecular weight is 984 g/mol. The molecule has 3 heterocycles. The Morgan fingerprint density at radius 2 is 1.42 bits per heavy atom. The van der Waals surface area contributed by atoms with Crippen LogP contribution in [0.1, 0.15) is 45.6 Å². The van der Waals surface area contributed by atoms with Crippen LogP contribution in [-0.4, -0.2) is 84.6 Å². The summed E-state index contributed by atoms with van der Waals surface area (Å²) in [4.78, 5) is 96.1. The Bertz CT molecular complexity index is 2950. The molecule has 0 radical (unpaired) electrons. The number of Topliss-reactive ketones (excluding diaryl/α,β-unsaturated/α-hetero) is 1. The number of nitrogen functional groups attached to an aromatic ring is 1. The van der Waals surface area contributed by atoms with Crippen LogP contribution in [0.25, 0.3) is 23.3 Å². The second kappa shape index (κ2) is 21.5. The van der Waals surface area contributed by atoms with Gasteiger partial charge in [-0.05, 0) is 83.8 Å². The molecule has 4 aromatic carbocycles. The maximum absolute atomic E-state index is 14.6. The minimum absolute atomic E-state index is 0.0408. The van der Waals surface area contributed by atoms with Crippen LogP contribution in [0.2, 0.25) is 20.1 Å². The summed E-state index contributed by atoms with van der Waals surface area (Å²) in [7, 11) is 0. The van der Waals surface area contributed by atoms with Crippen molar-refractivity contribution in [2.75, 3.05) is 24.1 Å². The number of aromatic nitrogens is 4. The molecule has 0 aliphatic carbocycles. The first kappa shape index (κ1) is 47.8. The van der Waals surface area contributed by atoms with Crippen LogP contribution < -0.4 is 27.2 Å². The van der Waals surface area contributed by atoms with E-state index >= 15 is 0 Å². The number of hydrogen-bond donors (Lipinski definition) is 6. The second-order valence-corrected chi connectivity index (χ2v) is 17.0. The van der Waals surface area contributed by atoms with Crippen LogP contribution in [0.5, 0.6) is 0 Å². The van der Waals surface area contributed by atoms with Crippen molar-refractivity contribution in [2.24, 2.45) is 0 Å². The fourth-order valence-corrected chi connectivity index (χ4v) is 7.71. The van der Waals surface area contributed by atoms with Gasteiger partial charge in [0.25, 0.3) is 11.5 Å². The molecule has 7 rings (SSSR count). The molecule has 2 atom stereocenters. The number of H-pyrrole nitrogens is 1. The third-order valence-corrected chi connectivity index (χ3v) is 12.0. The van der Waals surface area contributed by atoms with E-state index in [9.17, 15) is 33.9 Å². The molecule has 1 fully saturated rings. The Morgan fingerprint density at radius 3 is 2.01 bits per heavy atom. The summed E-state index contributed by atoms with van der Waals surface area (Å²) < 4.78 is 0. The molecule has 0 spiro atoms. The second-order valence-electron chi connectivity index (χ2n) is 15.3. The molecule has 2 aromatic heterocycles. The van der Waals surface area contributed by atoms with Crippen molar-refractivity contribution in [3.05, 3.63) is 167 Å². The third kappa shape index (κ3) is 12.4. The van der Waals surface area contributed by atoms with E-state index in [-0.39, 0.29) is 88.5 Å². The maximum Gasteiger partial charge on any atom is 0.326 e. The Hall–Kier alpha value is -7.11. The van der Waals surface area contributed by atoms with Crippen LogP contribution in [0.3, 0.4) is 0 Å². The van der Waals surface area contributed by atoms with Gasteiger partial charge in [-0.15, -0.1) is 0 Å². The van der Waals surface area contributed by atoms with Crippen molar-refractivity contribution in [3.8, 4) is 0 Å². The lowest BCUT2D eigenvalue weighted by molar-refractivity contribution is -0.140. The number of carbonyl (C=O) groups is 5. The van der Waals surface area contributed by atoms with Crippen LogP contribution in [0, 0.1) is 0 Å². The molecule has 0 unspecified atom stereocenters. The van der Waals surface area contributed by atoms with E-state index in [0.717, 1.165) is 5.56 Å². The first-order valence-corrected chi connectivity index (χ1v) is 22.0. The van der Waals surface area contributed by atoms with Crippen LogP contribution >= 0.6 is 46.4 Å². The number of fused-ring (bicyclic) bond motifs is 1. The predicted octanol–water partition coefficient (Wildman–Crippen LogP) is 6.79. The van der Waals surface area contributed by atoms with E-state index in [2.05, 4.69) is 35.9 Å². The summed E-state index contributed by atoms with van der Waals surface area (Å²) >= 11 is 24.9. The molecular weight excluding hydrogens is 944 g/mol. The Labute approximate surface area is 402 Å². The van der Waals surface area contributed by atoms with Gasteiger partial charge >= 0.3 is 5.97 Å². The molecule has 67 heavy (non-hydrogen) atoms. The summed E-state index contributed by atoms with van der Waals surface area (Å²) in [5.41, 5.74) is 8.84. The van der Waals surface area contributed by atoms with Gasteiger partial charge in [-0.3, -0.25) is 29.0 Å². The zero-order chi connectivity index (χ0) is 47.8. The fourth-order valence-electron chi connectivity index (χ4n) is 7.10. The summed E-state index contributed by atoms with van der Waals surface area (Å²) in [5, 5.41) is 19.6. The number of likely N-dealkylation sites (tertiary alicyclic amines) is 1. The smallest absolute Gasteiger partial charge is 0.326 e. The van der Waals surface area contributed by atoms with E-state index < -0.39 is 41.3 Å². The number of benzene rings is 4. The van der Waals surface area contributed by atoms with Gasteiger partial charge < -0.3 is 31.7 Å². The molecule has 3 amide bonds. The zero-order valence-electron chi connectivity index (χ0n) is 35.1. The lowest BCUT2D eigenvalue weighted by Crippen LogP contribution is -2.53. The number of hydrogen-bond acceptors (Lipinski definition) is 11. The quantitative estimate of drug-likeness (QED) is 0.0583. The molecule has 1 saturated heterocycles. The van der Waals surface area contributed by atoms with Crippen molar-refractivity contribution in [1.29, 1.82) is 0 Å². The topological polar surface area (TPSA) is 242 Å². The zero-order valence-corrected chi connectivity index (χ0v) is 38.1. The van der Waals surface area contributed by atoms with E-state index in [1.807, 2.05) is 6.07 Å². The standard InChI is InChI=1S/C47H39Cl4N9O7/c48-33-12-6-26(18-35(33)50)16-29-23-60(24-30(41(29)62)17-27-7-13-34(49)36(51)19-27)45(65)38(20-25-4-2-1-3-5-25)56-39(61)15-14-37(46(66)67)57-43(63)28-8-10-31(11-9-28)53-21-32-22-54-40-42(55-32)58-47(52)59-44(40)64/h1-13,16-19,22,37-38,53H,14-15,20-21,23-24H2,(H,56,61)(H,57,63)(H,66,67)(H3,52,55,58,59,64)/b29-16+,30-17+/t37-,38-/m1/s1. The van der Waals surface area contributed by atoms with E-state index in [4.69, 9.17) is 52.1 Å². The van der Waals surface area contributed by atoms with Gasteiger partial charge in [0.2, 0.25) is 17.8 Å². The lowest BCUT2D eigenvalue weighted by Gasteiger charge is -2.33. The first-order valence-electron chi connectivity index (χ1n) is 20.5. The highest BCUT2D eigenvalue weighted by atomic mass is 35.5. The highest BCUT2D eigenvalue weighted by Gasteiger charge is 2.34. The Kier molecular flexibility index (Phi) is 15.3. The number of nitrogens with one attached hydrogen (secondary N) is 4.